The molecule has 1 aromatic heterocycles. The highest BCUT2D eigenvalue weighted by atomic mass is 16.3. The van der Waals surface area contributed by atoms with Crippen molar-refractivity contribution in [1.82, 2.24) is 0 Å². The maximum atomic E-state index is 9.47. The fraction of sp³-hybridized carbons (Fsp3) is 0. The van der Waals surface area contributed by atoms with Crippen LogP contribution in [0.2, 0.25) is 0 Å². The number of furan rings is 1. The number of hydrogen-bond donors (Lipinski definition) is 0. The van der Waals surface area contributed by atoms with E-state index in [1.54, 1.807) is 0 Å². The Kier molecular flexibility index (Phi) is 2.13. The van der Waals surface area contributed by atoms with Crippen molar-refractivity contribution in [2.45, 2.75) is 0 Å². The number of benzene rings is 8. The van der Waals surface area contributed by atoms with Crippen LogP contribution < -0.4 is 0 Å². The highest BCUT2D eigenvalue weighted by Crippen LogP contribution is 2.47. The third-order valence-electron chi connectivity index (χ3n) is 6.95. The molecule has 0 fully saturated rings. The molecule has 1 heterocycles. The van der Waals surface area contributed by atoms with E-state index in [1.165, 1.54) is 0 Å². The van der Waals surface area contributed by atoms with Gasteiger partial charge in [0, 0.05) is 10.8 Å². The van der Waals surface area contributed by atoms with E-state index >= 15 is 0 Å². The number of rotatable bonds is 3. The lowest BCUT2D eigenvalue weighted by molar-refractivity contribution is 0.669. The lowest BCUT2D eigenvalue weighted by Gasteiger charge is -2.18. The average molecular weight is 573 g/mol. The van der Waals surface area contributed by atoms with Gasteiger partial charge in [0.25, 0.3) is 0 Å². The van der Waals surface area contributed by atoms with Crippen molar-refractivity contribution in [1.29, 1.82) is 0 Å². The van der Waals surface area contributed by atoms with E-state index in [4.69, 9.17) is 26.3 Å². The predicted octanol–water partition coefficient (Wildman–Crippen LogP) is 12.0. The van der Waals surface area contributed by atoms with Gasteiger partial charge in [0.1, 0.15) is 11.2 Å². The highest BCUT2D eigenvalue weighted by Gasteiger charge is 2.20. The second kappa shape index (κ2) is 9.44. The van der Waals surface area contributed by atoms with Crippen molar-refractivity contribution in [3.05, 3.63) is 157 Å². The molecule has 0 aliphatic rings. The first-order valence-electron chi connectivity index (χ1n) is 25.7. The Hall–Kier alpha value is -5.66. The largest absolute Gasteiger partial charge is 0.456 e. The van der Waals surface area contributed by atoms with Gasteiger partial charge in [-0.05, 0) is 83.8 Å². The zero-order valence-corrected chi connectivity index (χ0v) is 21.4. The van der Waals surface area contributed by atoms with Gasteiger partial charge in [-0.25, -0.2) is 0 Å². The number of hydrogen-bond acceptors (Lipinski definition) is 1. The molecule has 9 aromatic rings. The summed E-state index contributed by atoms with van der Waals surface area (Å²) in [6, 6.07) is -23.5. The summed E-state index contributed by atoms with van der Waals surface area (Å²) in [5, 5.41) is -4.83. The van der Waals surface area contributed by atoms with Crippen molar-refractivity contribution in [2.24, 2.45) is 0 Å². The van der Waals surface area contributed by atoms with Crippen molar-refractivity contribution < 1.29 is 40.1 Å². The summed E-state index contributed by atoms with van der Waals surface area (Å²) in [6.07, 6.45) is 0. The molecule has 200 valence electrons. The average Bonchev–Trinajstić information content (AvgIpc) is 3.73. The Morgan fingerprint density at radius 2 is 0.907 bits per heavy atom. The first kappa shape index (κ1) is 9.69. The van der Waals surface area contributed by atoms with Crippen LogP contribution in [0.4, 0.5) is 0 Å². The van der Waals surface area contributed by atoms with Gasteiger partial charge in [-0.1, -0.05) is 139 Å². The molecule has 0 N–H and O–H groups in total. The fourth-order valence-corrected chi connectivity index (χ4v) is 5.17. The zero-order chi connectivity index (χ0) is 51.0. The van der Waals surface area contributed by atoms with Crippen LogP contribution in [0.1, 0.15) is 35.6 Å². The minimum absolute atomic E-state index is 0.469. The molecule has 0 saturated carbocycles. The Bertz CT molecular complexity index is 3830. The van der Waals surface area contributed by atoms with Gasteiger partial charge in [0.05, 0.1) is 35.6 Å². The summed E-state index contributed by atoms with van der Waals surface area (Å²) in [5.41, 5.74) is -5.61. The summed E-state index contributed by atoms with van der Waals surface area (Å²) < 4.78 is 237. The molecule has 0 spiro atoms. The van der Waals surface area contributed by atoms with E-state index in [1.807, 2.05) is 0 Å². The maximum absolute atomic E-state index is 9.47. The fourth-order valence-electron chi connectivity index (χ4n) is 5.17. The molecule has 0 amide bonds. The smallest absolute Gasteiger partial charge is 0.136 e. The molecule has 0 atom stereocenters. The molecule has 43 heavy (non-hydrogen) atoms. The standard InChI is InChI=1S/C42H26O/c1-2-11-27(12-3-1)28-21-23-29(24-22-28)40-32-15-6-8-17-34(32)41(35-18-9-7-16-33(35)40)36-19-10-20-38-42(36)37-25-30-13-4-5-14-31(30)26-39(37)43-38/h1-26H/i1D,2D,3D,4D,5D,6D,7D,8D,9D,10D,11D,12D,13D,14D,15D,16D,17D,18D,19D,20D,21D,22D,23D,24D,25D,26D. The maximum Gasteiger partial charge on any atom is 0.136 e. The quantitative estimate of drug-likeness (QED) is 0.192. The lowest BCUT2D eigenvalue weighted by Crippen LogP contribution is -1.91. The van der Waals surface area contributed by atoms with E-state index in [-0.39, 0.29) is 0 Å². The van der Waals surface area contributed by atoms with Crippen LogP contribution in [-0.4, -0.2) is 0 Å². The molecule has 0 bridgehead atoms. The van der Waals surface area contributed by atoms with Gasteiger partial charge in [0.15, 0.2) is 0 Å². The van der Waals surface area contributed by atoms with Gasteiger partial charge in [-0.15, -0.1) is 0 Å². The summed E-state index contributed by atoms with van der Waals surface area (Å²) in [5.74, 6) is 0. The van der Waals surface area contributed by atoms with Crippen LogP contribution >= 0.6 is 0 Å². The van der Waals surface area contributed by atoms with Crippen LogP contribution in [0.15, 0.2) is 162 Å². The van der Waals surface area contributed by atoms with Crippen LogP contribution in [0.3, 0.4) is 0 Å². The molecule has 0 saturated heterocycles. The summed E-state index contributed by atoms with van der Waals surface area (Å²) in [6.45, 7) is 0. The molecular weight excluding hydrogens is 520 g/mol. The van der Waals surface area contributed by atoms with Gasteiger partial charge >= 0.3 is 0 Å². The third-order valence-corrected chi connectivity index (χ3v) is 6.95. The molecule has 0 unspecified atom stereocenters. The SMILES string of the molecule is [2H]c1c([2H])c([2H])c(-c2c([2H])c([2H])c(-c3c4c([2H])c([2H])c([2H])c([2H])c4c(-c4c([2H])c([2H])c([2H])c5oc6c([2H])c7c([2H])c([2H])c([2H])c([2H])c7c([2H])c6c45)c4c([2H])c([2H])c([2H])c([2H])c34)c([2H])c2[2H])c([2H])c1[2H]. The molecule has 0 aliphatic heterocycles. The van der Waals surface area contributed by atoms with E-state index in [0.29, 0.717) is 0 Å². The number of fused-ring (bicyclic) bond motifs is 6. The third kappa shape index (κ3) is 3.72. The summed E-state index contributed by atoms with van der Waals surface area (Å²) in [7, 11) is 0. The summed E-state index contributed by atoms with van der Waals surface area (Å²) in [4.78, 5) is 0. The van der Waals surface area contributed by atoms with Gasteiger partial charge in [-0.3, -0.25) is 0 Å². The minimum Gasteiger partial charge on any atom is -0.456 e. The van der Waals surface area contributed by atoms with Crippen molar-refractivity contribution >= 4 is 54.3 Å². The molecule has 8 aromatic carbocycles. The monoisotopic (exact) mass is 572 g/mol. The Balaban J connectivity index is 1.61. The minimum atomic E-state index is -1.05. The topological polar surface area (TPSA) is 13.1 Å². The van der Waals surface area contributed by atoms with Crippen molar-refractivity contribution in [3.63, 3.8) is 0 Å². The Morgan fingerprint density at radius 3 is 1.58 bits per heavy atom. The molecule has 0 aliphatic carbocycles. The molecule has 9 rings (SSSR count). The van der Waals surface area contributed by atoms with E-state index in [9.17, 15) is 13.7 Å². The predicted molar refractivity (Wildman–Crippen MR) is 183 cm³/mol. The van der Waals surface area contributed by atoms with Crippen LogP contribution in [-0.2, 0) is 0 Å². The lowest BCUT2D eigenvalue weighted by atomic mass is 9.84. The Labute approximate surface area is 285 Å². The molecule has 0 radical (unpaired) electrons. The normalized spacial score (nSPS) is 20.2. The van der Waals surface area contributed by atoms with E-state index < -0.39 is 245 Å². The Morgan fingerprint density at radius 1 is 0.372 bits per heavy atom. The molecule has 1 heteroatoms. The first-order chi connectivity index (χ1) is 32.2. The second-order valence-corrected chi connectivity index (χ2v) is 9.26. The van der Waals surface area contributed by atoms with Crippen LogP contribution in [0, 0.1) is 0 Å². The first-order valence-corrected chi connectivity index (χ1v) is 12.7. The summed E-state index contributed by atoms with van der Waals surface area (Å²) >= 11 is 0. The van der Waals surface area contributed by atoms with Gasteiger partial charge in [0.2, 0.25) is 0 Å². The van der Waals surface area contributed by atoms with Gasteiger partial charge in [-0.2, -0.15) is 0 Å². The second-order valence-electron chi connectivity index (χ2n) is 9.26. The van der Waals surface area contributed by atoms with Crippen molar-refractivity contribution in [2.75, 3.05) is 0 Å². The molecular formula is C42H26O. The van der Waals surface area contributed by atoms with Crippen molar-refractivity contribution in [3.8, 4) is 33.4 Å². The van der Waals surface area contributed by atoms with E-state index in [2.05, 4.69) is 0 Å². The highest BCUT2D eigenvalue weighted by molar-refractivity contribution is 6.26. The van der Waals surface area contributed by atoms with Gasteiger partial charge < -0.3 is 4.42 Å². The van der Waals surface area contributed by atoms with E-state index in [0.717, 1.165) is 0 Å². The molecule has 1 nitrogen and oxygen atoms in total. The zero-order valence-electron chi connectivity index (χ0n) is 47.4. The van der Waals surface area contributed by atoms with Crippen LogP contribution in [0.5, 0.6) is 0 Å². The van der Waals surface area contributed by atoms with Crippen LogP contribution in [0.25, 0.3) is 87.6 Å².